The number of nitrogens with zero attached hydrogens (tertiary/aromatic N) is 1. The highest BCUT2D eigenvalue weighted by molar-refractivity contribution is 6.16. The summed E-state index contributed by atoms with van der Waals surface area (Å²) in [6, 6.07) is 20.6. The Hall–Kier alpha value is -4.98. The molecule has 2 heterocycles. The van der Waals surface area contributed by atoms with Crippen molar-refractivity contribution in [2.24, 2.45) is 0 Å². The van der Waals surface area contributed by atoms with Gasteiger partial charge in [0.15, 0.2) is 34.4 Å². The number of rotatable bonds is 11. The number of hydrogen-bond donors (Lipinski definition) is 1. The van der Waals surface area contributed by atoms with Crippen molar-refractivity contribution < 1.29 is 33.3 Å². The first-order chi connectivity index (χ1) is 19.5. The number of methoxy groups -OCH3 is 1. The molecule has 204 valence electrons. The summed E-state index contributed by atoms with van der Waals surface area (Å²) in [4.78, 5) is 28.9. The molecule has 4 aromatic rings. The summed E-state index contributed by atoms with van der Waals surface area (Å²) in [5, 5.41) is 11.8. The van der Waals surface area contributed by atoms with Crippen LogP contribution in [0.3, 0.4) is 0 Å². The summed E-state index contributed by atoms with van der Waals surface area (Å²) in [6.45, 7) is 6.35. The molecule has 0 saturated heterocycles. The number of hydrogen-bond acceptors (Lipinski definition) is 7. The minimum absolute atomic E-state index is 0.0172. The van der Waals surface area contributed by atoms with Crippen molar-refractivity contribution in [2.45, 2.75) is 19.5 Å². The van der Waals surface area contributed by atoms with Crippen LogP contribution < -0.4 is 14.2 Å². The number of Topliss-reactive ketones (excluding diaryl/α,β-unsaturated/α-hetero) is 1. The summed E-state index contributed by atoms with van der Waals surface area (Å²) in [5.74, 6) is -0.489. The van der Waals surface area contributed by atoms with E-state index in [4.69, 9.17) is 18.6 Å². The van der Waals surface area contributed by atoms with E-state index in [9.17, 15) is 14.7 Å². The van der Waals surface area contributed by atoms with Crippen molar-refractivity contribution in [3.05, 3.63) is 114 Å². The number of furan rings is 1. The van der Waals surface area contributed by atoms with Crippen LogP contribution in [-0.2, 0) is 11.3 Å². The lowest BCUT2D eigenvalue weighted by Crippen LogP contribution is -2.30. The summed E-state index contributed by atoms with van der Waals surface area (Å²) in [5.41, 5.74) is 1.73. The van der Waals surface area contributed by atoms with Gasteiger partial charge in [0, 0.05) is 11.9 Å². The number of aliphatic hydroxyl groups excluding tert-OH is 1. The molecule has 1 unspecified atom stereocenters. The van der Waals surface area contributed by atoms with Crippen molar-refractivity contribution in [2.75, 3.05) is 20.3 Å². The second kappa shape index (κ2) is 11.4. The second-order valence-corrected chi connectivity index (χ2v) is 9.14. The van der Waals surface area contributed by atoms with Gasteiger partial charge in [-0.1, -0.05) is 61.2 Å². The summed E-state index contributed by atoms with van der Waals surface area (Å²) in [7, 11) is 1.51. The Bertz CT molecular complexity index is 1600. The third-order valence-electron chi connectivity index (χ3n) is 6.64. The van der Waals surface area contributed by atoms with Gasteiger partial charge in [-0.3, -0.25) is 9.59 Å². The molecular weight excluding hydrogens is 510 g/mol. The number of aliphatic hydroxyl groups is 1. The Labute approximate surface area is 231 Å². The molecule has 1 N–H and O–H groups in total. The molecule has 1 aromatic heterocycles. The molecule has 1 atom stereocenters. The molecule has 5 rings (SSSR count). The third-order valence-corrected chi connectivity index (χ3v) is 6.64. The predicted molar refractivity (Wildman–Crippen MR) is 150 cm³/mol. The lowest BCUT2D eigenvalue weighted by molar-refractivity contribution is -0.130. The van der Waals surface area contributed by atoms with E-state index >= 15 is 0 Å². The van der Waals surface area contributed by atoms with Crippen LogP contribution in [-0.4, -0.2) is 42.0 Å². The largest absolute Gasteiger partial charge is 0.503 e. The molecule has 40 heavy (non-hydrogen) atoms. The number of ether oxygens (including phenoxy) is 3. The van der Waals surface area contributed by atoms with Crippen LogP contribution in [0.4, 0.5) is 0 Å². The van der Waals surface area contributed by atoms with E-state index in [2.05, 4.69) is 6.58 Å². The van der Waals surface area contributed by atoms with Crippen LogP contribution in [0.1, 0.15) is 34.6 Å². The maximum Gasteiger partial charge on any atom is 0.290 e. The lowest BCUT2D eigenvalue weighted by Gasteiger charge is -2.27. The molecule has 1 aliphatic rings. The molecular formula is C32H29NO7. The fourth-order valence-electron chi connectivity index (χ4n) is 4.85. The van der Waals surface area contributed by atoms with Gasteiger partial charge in [-0.2, -0.15) is 0 Å². The van der Waals surface area contributed by atoms with Crippen molar-refractivity contribution in [1.29, 1.82) is 0 Å². The van der Waals surface area contributed by atoms with Gasteiger partial charge >= 0.3 is 0 Å². The Kier molecular flexibility index (Phi) is 7.59. The minimum Gasteiger partial charge on any atom is -0.503 e. The van der Waals surface area contributed by atoms with Gasteiger partial charge in [0.05, 0.1) is 25.3 Å². The van der Waals surface area contributed by atoms with Crippen LogP contribution in [0.15, 0.2) is 101 Å². The quantitative estimate of drug-likeness (QED) is 0.179. The molecule has 0 saturated carbocycles. The Morgan fingerprint density at radius 1 is 1.02 bits per heavy atom. The summed E-state index contributed by atoms with van der Waals surface area (Å²) < 4.78 is 22.9. The second-order valence-electron chi connectivity index (χ2n) is 9.14. The van der Waals surface area contributed by atoms with Crippen LogP contribution in [0.25, 0.3) is 11.0 Å². The SMILES string of the molecule is C=CCOc1ccc(C2C(C(=O)c3cc4cccc(OC)c4o3)=C(O)C(=O)N2Cc2ccccc2)cc1OCC. The maximum atomic E-state index is 14.0. The molecule has 8 nitrogen and oxygen atoms in total. The van der Waals surface area contributed by atoms with Crippen molar-refractivity contribution in [1.82, 2.24) is 4.90 Å². The highest BCUT2D eigenvalue weighted by Gasteiger charge is 2.45. The zero-order chi connectivity index (χ0) is 28.2. The van der Waals surface area contributed by atoms with Gasteiger partial charge in [-0.15, -0.1) is 0 Å². The molecule has 3 aromatic carbocycles. The van der Waals surface area contributed by atoms with Crippen molar-refractivity contribution in [3.8, 4) is 17.2 Å². The fraction of sp³-hybridized carbons (Fsp3) is 0.188. The zero-order valence-electron chi connectivity index (χ0n) is 22.3. The molecule has 8 heteroatoms. The lowest BCUT2D eigenvalue weighted by atomic mass is 9.94. The zero-order valence-corrected chi connectivity index (χ0v) is 22.3. The van der Waals surface area contributed by atoms with Gasteiger partial charge in [0.2, 0.25) is 5.78 Å². The van der Waals surface area contributed by atoms with E-state index < -0.39 is 23.5 Å². The highest BCUT2D eigenvalue weighted by Crippen LogP contribution is 2.43. The van der Waals surface area contributed by atoms with E-state index in [0.717, 1.165) is 5.56 Å². The Morgan fingerprint density at radius 3 is 2.55 bits per heavy atom. The molecule has 0 bridgehead atoms. The van der Waals surface area contributed by atoms with E-state index in [0.29, 0.717) is 40.4 Å². The first-order valence-electron chi connectivity index (χ1n) is 12.9. The average molecular weight is 540 g/mol. The van der Waals surface area contributed by atoms with Crippen LogP contribution in [0, 0.1) is 0 Å². The molecule has 1 amide bonds. The third kappa shape index (κ3) is 4.91. The van der Waals surface area contributed by atoms with Crippen LogP contribution >= 0.6 is 0 Å². The van der Waals surface area contributed by atoms with E-state index in [1.807, 2.05) is 37.3 Å². The number of para-hydroxylation sites is 1. The first kappa shape index (κ1) is 26.6. The average Bonchev–Trinajstić information content (AvgIpc) is 3.52. The number of benzene rings is 3. The van der Waals surface area contributed by atoms with Gasteiger partial charge in [-0.05, 0) is 42.3 Å². The maximum absolute atomic E-state index is 14.0. The fourth-order valence-corrected chi connectivity index (χ4v) is 4.85. The van der Waals surface area contributed by atoms with Crippen LogP contribution in [0.2, 0.25) is 0 Å². The Balaban J connectivity index is 1.62. The summed E-state index contributed by atoms with van der Waals surface area (Å²) in [6.07, 6.45) is 1.63. The molecule has 0 spiro atoms. The first-order valence-corrected chi connectivity index (χ1v) is 12.9. The highest BCUT2D eigenvalue weighted by atomic mass is 16.5. The van der Waals surface area contributed by atoms with Crippen LogP contribution in [0.5, 0.6) is 17.2 Å². The van der Waals surface area contributed by atoms with E-state index in [-0.39, 0.29) is 24.5 Å². The Morgan fingerprint density at radius 2 is 1.82 bits per heavy atom. The number of carbonyl (C=O) groups excluding carboxylic acids is 2. The number of ketones is 1. The van der Waals surface area contributed by atoms with E-state index in [1.165, 1.54) is 12.0 Å². The molecule has 0 fully saturated rings. The monoisotopic (exact) mass is 539 g/mol. The normalized spacial score (nSPS) is 15.0. The smallest absolute Gasteiger partial charge is 0.290 e. The summed E-state index contributed by atoms with van der Waals surface area (Å²) >= 11 is 0. The molecule has 0 radical (unpaired) electrons. The number of carbonyl (C=O) groups is 2. The topological polar surface area (TPSA) is 98.4 Å². The number of amides is 1. The molecule has 0 aliphatic carbocycles. The van der Waals surface area contributed by atoms with Gasteiger partial charge in [0.1, 0.15) is 6.61 Å². The van der Waals surface area contributed by atoms with Gasteiger partial charge < -0.3 is 28.6 Å². The van der Waals surface area contributed by atoms with Gasteiger partial charge in [0.25, 0.3) is 5.91 Å². The van der Waals surface area contributed by atoms with Gasteiger partial charge in [-0.25, -0.2) is 0 Å². The van der Waals surface area contributed by atoms with Crippen molar-refractivity contribution >= 4 is 22.7 Å². The molecule has 1 aliphatic heterocycles. The van der Waals surface area contributed by atoms with Crippen molar-refractivity contribution in [3.63, 3.8) is 0 Å². The minimum atomic E-state index is -0.914. The predicted octanol–water partition coefficient (Wildman–Crippen LogP) is 6.18. The number of fused-ring (bicyclic) bond motifs is 1. The van der Waals surface area contributed by atoms with E-state index in [1.54, 1.807) is 48.5 Å². The standard InChI is InChI=1S/C32H29NO7/c1-4-16-39-23-15-14-21(17-25(23)38-5-2)28-27(30(35)32(36)33(28)19-20-10-7-6-8-11-20)29(34)26-18-22-12-9-13-24(37-3)31(22)40-26/h4,6-15,17-18,28,35H,1,5,16,19H2,2-3H3.